The minimum absolute atomic E-state index is 0. The van der Waals surface area contributed by atoms with Gasteiger partial charge in [-0.05, 0) is 32.6 Å². The monoisotopic (exact) mass is 454 g/mol. The van der Waals surface area contributed by atoms with E-state index in [0.717, 1.165) is 55.6 Å². The zero-order chi connectivity index (χ0) is 16.4. The lowest BCUT2D eigenvalue weighted by atomic mass is 10.0. The molecule has 0 spiro atoms. The third-order valence-electron chi connectivity index (χ3n) is 3.50. The van der Waals surface area contributed by atoms with Gasteiger partial charge in [0.15, 0.2) is 5.96 Å². The summed E-state index contributed by atoms with van der Waals surface area (Å²) in [7, 11) is 2.04. The molecular formula is C16H31IN4OS. The molecule has 0 fully saturated rings. The Morgan fingerprint density at radius 1 is 1.43 bits per heavy atom. The second-order valence-corrected chi connectivity index (χ2v) is 6.64. The number of hydrogen-bond donors (Lipinski definition) is 2. The minimum Gasteiger partial charge on any atom is -0.396 e. The van der Waals surface area contributed by atoms with Crippen molar-refractivity contribution in [1.82, 2.24) is 15.2 Å². The summed E-state index contributed by atoms with van der Waals surface area (Å²) < 4.78 is 0. The van der Waals surface area contributed by atoms with E-state index in [-0.39, 0.29) is 30.6 Å². The van der Waals surface area contributed by atoms with Gasteiger partial charge in [-0.25, -0.2) is 4.98 Å². The van der Waals surface area contributed by atoms with Gasteiger partial charge in [0.1, 0.15) is 0 Å². The van der Waals surface area contributed by atoms with Gasteiger partial charge in [0.25, 0.3) is 0 Å². The fourth-order valence-corrected chi connectivity index (χ4v) is 3.01. The third kappa shape index (κ3) is 8.85. The third-order valence-corrected chi connectivity index (χ3v) is 4.32. The first-order valence-electron chi connectivity index (χ1n) is 8.11. The molecule has 5 nitrogen and oxygen atoms in total. The molecule has 0 aliphatic rings. The van der Waals surface area contributed by atoms with Crippen molar-refractivity contribution < 1.29 is 5.11 Å². The van der Waals surface area contributed by atoms with Crippen molar-refractivity contribution in [2.75, 3.05) is 26.7 Å². The summed E-state index contributed by atoms with van der Waals surface area (Å²) >= 11 is 1.68. The van der Waals surface area contributed by atoms with E-state index < -0.39 is 0 Å². The van der Waals surface area contributed by atoms with E-state index in [9.17, 15) is 0 Å². The number of aromatic nitrogens is 1. The zero-order valence-electron chi connectivity index (χ0n) is 14.7. The predicted octanol–water partition coefficient (Wildman–Crippen LogP) is 3.27. The molecule has 1 aromatic rings. The van der Waals surface area contributed by atoms with Gasteiger partial charge in [-0.15, -0.1) is 35.3 Å². The van der Waals surface area contributed by atoms with Gasteiger partial charge in [-0.1, -0.05) is 13.3 Å². The molecule has 7 heteroatoms. The van der Waals surface area contributed by atoms with Crippen LogP contribution >= 0.6 is 35.3 Å². The maximum Gasteiger partial charge on any atom is 0.194 e. The van der Waals surface area contributed by atoms with E-state index in [4.69, 9.17) is 10.1 Å². The molecule has 1 rings (SSSR count). The van der Waals surface area contributed by atoms with Crippen LogP contribution < -0.4 is 5.32 Å². The van der Waals surface area contributed by atoms with Crippen LogP contribution in [-0.4, -0.2) is 47.7 Å². The first-order valence-corrected chi connectivity index (χ1v) is 8.99. The maximum absolute atomic E-state index is 9.16. The average molecular weight is 454 g/mol. The number of guanidine groups is 1. The lowest BCUT2D eigenvalue weighted by Crippen LogP contribution is -2.39. The van der Waals surface area contributed by atoms with E-state index in [1.807, 2.05) is 14.0 Å². The molecule has 2 N–H and O–H groups in total. The first-order chi connectivity index (χ1) is 10.6. The van der Waals surface area contributed by atoms with Gasteiger partial charge < -0.3 is 15.3 Å². The van der Waals surface area contributed by atoms with Crippen molar-refractivity contribution in [3.05, 3.63) is 16.1 Å². The van der Waals surface area contributed by atoms with Gasteiger partial charge in [0, 0.05) is 32.1 Å². The number of halogens is 1. The number of aliphatic imine (C=N–C) groups is 1. The molecule has 1 unspecified atom stereocenters. The van der Waals surface area contributed by atoms with Gasteiger partial charge in [-0.2, -0.15) is 0 Å². The summed E-state index contributed by atoms with van der Waals surface area (Å²) in [5.74, 6) is 1.37. The lowest BCUT2D eigenvalue weighted by molar-refractivity contribution is 0.253. The van der Waals surface area contributed by atoms with Crippen LogP contribution in [0, 0.1) is 12.8 Å². The molecule has 1 heterocycles. The number of aliphatic hydroxyl groups excluding tert-OH is 1. The fraction of sp³-hybridized carbons (Fsp3) is 0.750. The number of rotatable bonds is 9. The van der Waals surface area contributed by atoms with Crippen molar-refractivity contribution >= 4 is 41.3 Å². The largest absolute Gasteiger partial charge is 0.396 e. The van der Waals surface area contributed by atoms with Crippen LogP contribution in [0.15, 0.2) is 10.4 Å². The standard InChI is InChI=1S/C16H30N4OS.HI/c1-5-7-14(8-9-21)10-18-16(17-6-2)20(4)11-15-12-22-13(3)19-15;/h12,14,21H,5-11H2,1-4H3,(H,17,18);1H. The van der Waals surface area contributed by atoms with Crippen LogP contribution in [0.25, 0.3) is 0 Å². The van der Waals surface area contributed by atoms with Crippen molar-refractivity contribution in [2.45, 2.75) is 46.6 Å². The Labute approximate surface area is 161 Å². The quantitative estimate of drug-likeness (QED) is 0.342. The molecule has 0 radical (unpaired) electrons. The van der Waals surface area contributed by atoms with Gasteiger partial charge >= 0.3 is 0 Å². The molecule has 0 bridgehead atoms. The van der Waals surface area contributed by atoms with Crippen molar-refractivity contribution in [3.8, 4) is 0 Å². The summed E-state index contributed by atoms with van der Waals surface area (Å²) in [6.07, 6.45) is 3.06. The lowest BCUT2D eigenvalue weighted by Gasteiger charge is -2.22. The Hall–Kier alpha value is -0.410. The second kappa shape index (κ2) is 12.9. The van der Waals surface area contributed by atoms with Crippen molar-refractivity contribution in [2.24, 2.45) is 10.9 Å². The molecule has 1 atom stereocenters. The number of nitrogens with one attached hydrogen (secondary N) is 1. The van der Waals surface area contributed by atoms with Crippen LogP contribution in [0.2, 0.25) is 0 Å². The van der Waals surface area contributed by atoms with Crippen LogP contribution in [0.5, 0.6) is 0 Å². The normalized spacial score (nSPS) is 12.7. The van der Waals surface area contributed by atoms with E-state index in [1.165, 1.54) is 0 Å². The minimum atomic E-state index is 0. The molecule has 0 saturated carbocycles. The Bertz CT molecular complexity index is 447. The summed E-state index contributed by atoms with van der Waals surface area (Å²) in [5, 5.41) is 15.7. The Balaban J connectivity index is 0.00000484. The summed E-state index contributed by atoms with van der Waals surface area (Å²) in [6, 6.07) is 0. The molecule has 0 aliphatic heterocycles. The maximum atomic E-state index is 9.16. The highest BCUT2D eigenvalue weighted by atomic mass is 127. The summed E-state index contributed by atoms with van der Waals surface area (Å²) in [4.78, 5) is 11.4. The second-order valence-electron chi connectivity index (χ2n) is 5.58. The fourth-order valence-electron chi connectivity index (χ4n) is 2.40. The molecule has 0 saturated heterocycles. The topological polar surface area (TPSA) is 60.8 Å². The Morgan fingerprint density at radius 2 is 2.17 bits per heavy atom. The Kier molecular flexibility index (Phi) is 12.7. The van der Waals surface area contributed by atoms with E-state index in [1.54, 1.807) is 11.3 Å². The van der Waals surface area contributed by atoms with E-state index in [2.05, 4.69) is 34.4 Å². The molecule has 0 aromatic carbocycles. The molecule has 0 aliphatic carbocycles. The molecule has 1 aromatic heterocycles. The highest BCUT2D eigenvalue weighted by molar-refractivity contribution is 14.0. The predicted molar refractivity (Wildman–Crippen MR) is 110 cm³/mol. The Morgan fingerprint density at radius 3 is 2.70 bits per heavy atom. The van der Waals surface area contributed by atoms with Crippen LogP contribution in [0.3, 0.4) is 0 Å². The number of aliphatic hydroxyl groups is 1. The van der Waals surface area contributed by atoms with Gasteiger partial charge in [0.2, 0.25) is 0 Å². The van der Waals surface area contributed by atoms with Crippen molar-refractivity contribution in [1.29, 1.82) is 0 Å². The summed E-state index contributed by atoms with van der Waals surface area (Å²) in [5.41, 5.74) is 1.08. The molecule has 0 amide bonds. The molecular weight excluding hydrogens is 423 g/mol. The highest BCUT2D eigenvalue weighted by Gasteiger charge is 2.11. The number of hydrogen-bond acceptors (Lipinski definition) is 4. The zero-order valence-corrected chi connectivity index (χ0v) is 17.9. The smallest absolute Gasteiger partial charge is 0.194 e. The van der Waals surface area contributed by atoms with Crippen LogP contribution in [0.1, 0.15) is 43.8 Å². The van der Waals surface area contributed by atoms with Crippen LogP contribution in [-0.2, 0) is 6.54 Å². The van der Waals surface area contributed by atoms with Gasteiger partial charge in [-0.3, -0.25) is 4.99 Å². The summed E-state index contributed by atoms with van der Waals surface area (Å²) in [6.45, 7) is 8.88. The molecule has 23 heavy (non-hydrogen) atoms. The SMILES string of the molecule is CCCC(CCO)CN=C(NCC)N(C)Cc1csc(C)n1.I. The van der Waals surface area contributed by atoms with E-state index in [0.29, 0.717) is 5.92 Å². The van der Waals surface area contributed by atoms with Gasteiger partial charge in [0.05, 0.1) is 17.2 Å². The van der Waals surface area contributed by atoms with Crippen LogP contribution in [0.4, 0.5) is 0 Å². The number of thiazole rings is 1. The number of aryl methyl sites for hydroxylation is 1. The average Bonchev–Trinajstić information content (AvgIpc) is 2.88. The highest BCUT2D eigenvalue weighted by Crippen LogP contribution is 2.12. The first kappa shape index (κ1) is 22.6. The van der Waals surface area contributed by atoms with Crippen molar-refractivity contribution in [3.63, 3.8) is 0 Å². The van der Waals surface area contributed by atoms with E-state index >= 15 is 0 Å². The number of nitrogens with zero attached hydrogens (tertiary/aromatic N) is 3. The molecule has 134 valence electrons.